The maximum atomic E-state index is 6.18. The van der Waals surface area contributed by atoms with Gasteiger partial charge >= 0.3 is 0 Å². The summed E-state index contributed by atoms with van der Waals surface area (Å²) in [7, 11) is 1.83. The highest BCUT2D eigenvalue weighted by Gasteiger charge is 2.16. The Kier molecular flexibility index (Phi) is 2.62. The lowest BCUT2D eigenvalue weighted by molar-refractivity contribution is 0.748. The van der Waals surface area contributed by atoms with E-state index in [9.17, 15) is 0 Å². The van der Waals surface area contributed by atoms with Crippen LogP contribution in [0.4, 0.5) is 0 Å². The predicted molar refractivity (Wildman–Crippen MR) is 60.4 cm³/mol. The van der Waals surface area contributed by atoms with Gasteiger partial charge < -0.3 is 0 Å². The van der Waals surface area contributed by atoms with E-state index in [2.05, 4.69) is 20.3 Å². The molecule has 2 rings (SSSR count). The van der Waals surface area contributed by atoms with Crippen LogP contribution in [0.2, 0.25) is 5.02 Å². The number of aryl methyl sites for hydroxylation is 2. The fraction of sp³-hybridized carbons (Fsp3) is 0.375. The van der Waals surface area contributed by atoms with Crippen LogP contribution in [-0.2, 0) is 13.5 Å². The first-order valence-corrected chi connectivity index (χ1v) is 5.28. The molecule has 2 aromatic heterocycles. The number of hydrogen-bond acceptors (Lipinski definition) is 3. The molecule has 2 heterocycles. The molecule has 0 aromatic carbocycles. The summed E-state index contributed by atoms with van der Waals surface area (Å²) in [6.45, 7) is 2.00. The van der Waals surface area contributed by atoms with Gasteiger partial charge in [-0.25, -0.2) is 0 Å². The van der Waals surface area contributed by atoms with Crippen LogP contribution >= 0.6 is 23.8 Å². The second kappa shape index (κ2) is 3.79. The lowest BCUT2D eigenvalue weighted by Crippen LogP contribution is -1.95. The van der Waals surface area contributed by atoms with E-state index in [0.29, 0.717) is 15.6 Å². The van der Waals surface area contributed by atoms with Crippen LogP contribution in [-0.4, -0.2) is 25.0 Å². The third-order valence-electron chi connectivity index (χ3n) is 2.12. The molecule has 7 heteroatoms. The van der Waals surface area contributed by atoms with Crippen LogP contribution in [0, 0.1) is 4.77 Å². The molecule has 0 saturated heterocycles. The van der Waals surface area contributed by atoms with Gasteiger partial charge in [-0.3, -0.25) is 14.9 Å². The summed E-state index contributed by atoms with van der Waals surface area (Å²) in [5.74, 6) is 0.611. The minimum absolute atomic E-state index is 0.403. The molecule has 0 amide bonds. The first-order valence-electron chi connectivity index (χ1n) is 4.50. The van der Waals surface area contributed by atoms with E-state index < -0.39 is 0 Å². The average Bonchev–Trinajstić information content (AvgIpc) is 2.71. The van der Waals surface area contributed by atoms with E-state index >= 15 is 0 Å². The van der Waals surface area contributed by atoms with Gasteiger partial charge in [0.25, 0.3) is 0 Å². The van der Waals surface area contributed by atoms with E-state index in [1.165, 1.54) is 0 Å². The Labute approximate surface area is 96.5 Å². The first kappa shape index (κ1) is 10.4. The van der Waals surface area contributed by atoms with Crippen molar-refractivity contribution in [3.8, 4) is 11.5 Å². The number of aromatic nitrogens is 5. The molecule has 0 unspecified atom stereocenters. The Morgan fingerprint density at radius 3 is 2.67 bits per heavy atom. The van der Waals surface area contributed by atoms with Crippen LogP contribution in [0.1, 0.15) is 12.6 Å². The van der Waals surface area contributed by atoms with Crippen molar-refractivity contribution in [1.82, 2.24) is 25.0 Å². The summed E-state index contributed by atoms with van der Waals surface area (Å²) < 4.78 is 2.10. The maximum absolute atomic E-state index is 6.18. The molecule has 15 heavy (non-hydrogen) atoms. The largest absolute Gasteiger partial charge is 0.280 e. The third kappa shape index (κ3) is 1.70. The van der Waals surface area contributed by atoms with Crippen molar-refractivity contribution in [2.45, 2.75) is 13.3 Å². The van der Waals surface area contributed by atoms with Crippen molar-refractivity contribution in [3.63, 3.8) is 0 Å². The van der Waals surface area contributed by atoms with Crippen LogP contribution < -0.4 is 0 Å². The third-order valence-corrected chi connectivity index (χ3v) is 2.71. The van der Waals surface area contributed by atoms with Crippen molar-refractivity contribution in [2.24, 2.45) is 7.05 Å². The molecule has 0 aliphatic carbocycles. The Morgan fingerprint density at radius 1 is 1.47 bits per heavy atom. The van der Waals surface area contributed by atoms with Gasteiger partial charge in [-0.2, -0.15) is 10.1 Å². The Balaban J connectivity index is 2.62. The van der Waals surface area contributed by atoms with Gasteiger partial charge in [0, 0.05) is 7.05 Å². The van der Waals surface area contributed by atoms with Gasteiger partial charge in [-0.1, -0.05) is 18.5 Å². The smallest absolute Gasteiger partial charge is 0.213 e. The second-order valence-electron chi connectivity index (χ2n) is 3.10. The molecule has 0 spiro atoms. The Bertz CT molecular complexity index is 537. The molecule has 80 valence electrons. The van der Waals surface area contributed by atoms with Crippen molar-refractivity contribution in [1.29, 1.82) is 0 Å². The number of H-pyrrole nitrogens is 2. The van der Waals surface area contributed by atoms with Crippen molar-refractivity contribution >= 4 is 23.8 Å². The summed E-state index contributed by atoms with van der Waals surface area (Å²) in [6.07, 6.45) is 0.790. The quantitative estimate of drug-likeness (QED) is 0.794. The van der Waals surface area contributed by atoms with Crippen molar-refractivity contribution < 1.29 is 0 Å². The van der Waals surface area contributed by atoms with Crippen LogP contribution in [0.25, 0.3) is 11.5 Å². The molecule has 5 nitrogen and oxygen atoms in total. The molecule has 0 saturated carbocycles. The lowest BCUT2D eigenvalue weighted by Gasteiger charge is -1.96. The molecular weight excluding hydrogens is 234 g/mol. The lowest BCUT2D eigenvalue weighted by atomic mass is 10.3. The Morgan fingerprint density at radius 2 is 2.20 bits per heavy atom. The molecule has 0 atom stereocenters. The summed E-state index contributed by atoms with van der Waals surface area (Å²) >= 11 is 11.1. The zero-order valence-electron chi connectivity index (χ0n) is 8.33. The standard InChI is InChI=1S/C8H10ClN5S/c1-3-4-5(9)6(14(2)13-4)7-10-8(15)12-11-7/h3H2,1-2H3,(H2,10,11,12,15). The molecular formula is C8H10ClN5S. The molecule has 0 bridgehead atoms. The topological polar surface area (TPSA) is 62.3 Å². The Hall–Kier alpha value is -1.14. The van der Waals surface area contributed by atoms with Gasteiger partial charge in [0.15, 0.2) is 5.82 Å². The van der Waals surface area contributed by atoms with Crippen LogP contribution in [0.5, 0.6) is 0 Å². The minimum atomic E-state index is 0.403. The van der Waals surface area contributed by atoms with Gasteiger partial charge in [0.05, 0.1) is 10.7 Å². The molecule has 0 radical (unpaired) electrons. The van der Waals surface area contributed by atoms with Gasteiger partial charge in [-0.05, 0) is 18.6 Å². The van der Waals surface area contributed by atoms with E-state index in [-0.39, 0.29) is 0 Å². The number of rotatable bonds is 2. The zero-order valence-corrected chi connectivity index (χ0v) is 9.91. The summed E-state index contributed by atoms with van der Waals surface area (Å²) in [4.78, 5) is 4.11. The monoisotopic (exact) mass is 243 g/mol. The van der Waals surface area contributed by atoms with E-state index in [1.54, 1.807) is 4.68 Å². The SMILES string of the molecule is CCc1nn(C)c(-c2nc(=S)[nH][nH]2)c1Cl. The normalized spacial score (nSPS) is 10.9. The van der Waals surface area contributed by atoms with Crippen molar-refractivity contribution in [2.75, 3.05) is 0 Å². The summed E-state index contributed by atoms with van der Waals surface area (Å²) in [5.41, 5.74) is 1.61. The number of aromatic amines is 2. The van der Waals surface area contributed by atoms with Crippen LogP contribution in [0.15, 0.2) is 0 Å². The fourth-order valence-electron chi connectivity index (χ4n) is 1.42. The highest BCUT2D eigenvalue weighted by Crippen LogP contribution is 2.27. The molecule has 0 aliphatic rings. The highest BCUT2D eigenvalue weighted by molar-refractivity contribution is 7.71. The number of nitrogens with zero attached hydrogens (tertiary/aromatic N) is 3. The predicted octanol–water partition coefficient (Wildman–Crippen LogP) is 2.08. The minimum Gasteiger partial charge on any atom is -0.280 e. The number of nitrogens with one attached hydrogen (secondary N) is 2. The zero-order chi connectivity index (χ0) is 11.0. The molecule has 0 fully saturated rings. The highest BCUT2D eigenvalue weighted by atomic mass is 35.5. The summed E-state index contributed by atoms with van der Waals surface area (Å²) in [6, 6.07) is 0. The number of hydrogen-bond donors (Lipinski definition) is 2. The molecule has 2 aromatic rings. The average molecular weight is 244 g/mol. The van der Waals surface area contributed by atoms with Gasteiger partial charge in [0.2, 0.25) is 4.77 Å². The first-order chi connectivity index (χ1) is 7.13. The second-order valence-corrected chi connectivity index (χ2v) is 3.87. The summed E-state index contributed by atoms with van der Waals surface area (Å²) in [5, 5.41) is 10.5. The van der Waals surface area contributed by atoms with E-state index in [1.807, 2.05) is 14.0 Å². The fourth-order valence-corrected chi connectivity index (χ4v) is 1.94. The number of halogens is 1. The molecule has 2 N–H and O–H groups in total. The van der Waals surface area contributed by atoms with Crippen molar-refractivity contribution in [3.05, 3.63) is 15.5 Å². The van der Waals surface area contributed by atoms with E-state index in [0.717, 1.165) is 17.8 Å². The molecule has 0 aliphatic heterocycles. The van der Waals surface area contributed by atoms with Crippen LogP contribution in [0.3, 0.4) is 0 Å². The van der Waals surface area contributed by atoms with Gasteiger partial charge in [0.1, 0.15) is 5.69 Å². The maximum Gasteiger partial charge on any atom is 0.213 e. The van der Waals surface area contributed by atoms with Gasteiger partial charge in [-0.15, -0.1) is 0 Å². The van der Waals surface area contributed by atoms with E-state index in [4.69, 9.17) is 23.8 Å².